The summed E-state index contributed by atoms with van der Waals surface area (Å²) in [4.78, 5) is 24.9. The molecular formula is C27H25NO3. The third kappa shape index (κ3) is 4.29. The fourth-order valence-electron chi connectivity index (χ4n) is 4.16. The SMILES string of the molecule is COC(=O)n1cc(C(CCc2cccc(-c3ccccc3)c2)C(C)=O)c2ccccc21. The highest BCUT2D eigenvalue weighted by Crippen LogP contribution is 2.32. The minimum atomic E-state index is -0.458. The minimum absolute atomic E-state index is 0.0898. The highest BCUT2D eigenvalue weighted by atomic mass is 16.5. The van der Waals surface area contributed by atoms with Crippen LogP contribution in [0.4, 0.5) is 4.79 Å². The van der Waals surface area contributed by atoms with E-state index in [4.69, 9.17) is 4.74 Å². The summed E-state index contributed by atoms with van der Waals surface area (Å²) < 4.78 is 6.40. The van der Waals surface area contributed by atoms with Crippen LogP contribution in [-0.4, -0.2) is 23.6 Å². The lowest BCUT2D eigenvalue weighted by atomic mass is 9.88. The van der Waals surface area contributed by atoms with Gasteiger partial charge in [0.1, 0.15) is 5.78 Å². The van der Waals surface area contributed by atoms with Crippen LogP contribution in [0.5, 0.6) is 0 Å². The number of benzene rings is 3. The number of para-hydroxylation sites is 1. The van der Waals surface area contributed by atoms with Gasteiger partial charge >= 0.3 is 6.09 Å². The van der Waals surface area contributed by atoms with Crippen LogP contribution in [0.3, 0.4) is 0 Å². The van der Waals surface area contributed by atoms with Gasteiger partial charge in [-0.05, 0) is 48.1 Å². The monoisotopic (exact) mass is 411 g/mol. The molecule has 0 N–H and O–H groups in total. The zero-order chi connectivity index (χ0) is 21.8. The first-order valence-corrected chi connectivity index (χ1v) is 10.4. The Labute approximate surface area is 182 Å². The van der Waals surface area contributed by atoms with Gasteiger partial charge in [0.25, 0.3) is 0 Å². The van der Waals surface area contributed by atoms with Gasteiger partial charge in [0, 0.05) is 17.5 Å². The van der Waals surface area contributed by atoms with Gasteiger partial charge in [-0.15, -0.1) is 0 Å². The summed E-state index contributed by atoms with van der Waals surface area (Å²) in [5, 5.41) is 0.908. The Morgan fingerprint density at radius 2 is 1.61 bits per heavy atom. The normalized spacial score (nSPS) is 11.9. The Bertz CT molecular complexity index is 1220. The van der Waals surface area contributed by atoms with Crippen molar-refractivity contribution in [2.45, 2.75) is 25.7 Å². The van der Waals surface area contributed by atoms with E-state index in [-0.39, 0.29) is 11.7 Å². The molecule has 0 bridgehead atoms. The molecule has 0 aliphatic heterocycles. The number of carbonyl (C=O) groups is 2. The van der Waals surface area contributed by atoms with E-state index in [2.05, 4.69) is 36.4 Å². The number of fused-ring (bicyclic) bond motifs is 1. The number of methoxy groups -OCH3 is 1. The molecule has 0 saturated carbocycles. The van der Waals surface area contributed by atoms with Crippen molar-refractivity contribution in [1.29, 1.82) is 0 Å². The average molecular weight is 412 g/mol. The molecule has 4 nitrogen and oxygen atoms in total. The predicted octanol–water partition coefficient (Wildman–Crippen LogP) is 6.23. The summed E-state index contributed by atoms with van der Waals surface area (Å²) in [5.41, 5.74) is 5.15. The van der Waals surface area contributed by atoms with Crippen LogP contribution < -0.4 is 0 Å². The maximum atomic E-state index is 12.6. The van der Waals surface area contributed by atoms with Gasteiger partial charge in [-0.25, -0.2) is 4.79 Å². The second kappa shape index (κ2) is 9.00. The van der Waals surface area contributed by atoms with Crippen LogP contribution in [0.1, 0.15) is 30.4 Å². The van der Waals surface area contributed by atoms with Crippen LogP contribution in [0.2, 0.25) is 0 Å². The minimum Gasteiger partial charge on any atom is -0.452 e. The molecule has 0 saturated heterocycles. The molecule has 1 heterocycles. The summed E-state index contributed by atoms with van der Waals surface area (Å²) in [7, 11) is 1.36. The van der Waals surface area contributed by atoms with E-state index in [0.29, 0.717) is 6.42 Å². The lowest BCUT2D eigenvalue weighted by Crippen LogP contribution is -2.12. The smallest absolute Gasteiger partial charge is 0.418 e. The summed E-state index contributed by atoms with van der Waals surface area (Å²) in [5.74, 6) is -0.205. The second-order valence-corrected chi connectivity index (χ2v) is 7.71. The molecular weight excluding hydrogens is 386 g/mol. The van der Waals surface area contributed by atoms with E-state index < -0.39 is 6.09 Å². The van der Waals surface area contributed by atoms with E-state index >= 15 is 0 Å². The summed E-state index contributed by atoms with van der Waals surface area (Å²) in [6.45, 7) is 1.62. The third-order valence-corrected chi connectivity index (χ3v) is 5.74. The van der Waals surface area contributed by atoms with Gasteiger partial charge < -0.3 is 4.74 Å². The predicted molar refractivity (Wildman–Crippen MR) is 123 cm³/mol. The lowest BCUT2D eigenvalue weighted by molar-refractivity contribution is -0.118. The zero-order valence-corrected chi connectivity index (χ0v) is 17.7. The van der Waals surface area contributed by atoms with Crippen LogP contribution in [-0.2, 0) is 16.0 Å². The Hall–Kier alpha value is -3.66. The zero-order valence-electron chi connectivity index (χ0n) is 17.7. The van der Waals surface area contributed by atoms with Crippen molar-refractivity contribution in [3.8, 4) is 11.1 Å². The highest BCUT2D eigenvalue weighted by molar-refractivity contribution is 5.96. The van der Waals surface area contributed by atoms with Gasteiger partial charge in [0.15, 0.2) is 0 Å². The number of carbonyl (C=O) groups excluding carboxylic acids is 2. The van der Waals surface area contributed by atoms with Crippen LogP contribution >= 0.6 is 0 Å². The van der Waals surface area contributed by atoms with Gasteiger partial charge in [-0.2, -0.15) is 0 Å². The van der Waals surface area contributed by atoms with Gasteiger partial charge in [-0.3, -0.25) is 9.36 Å². The number of ether oxygens (including phenoxy) is 1. The van der Waals surface area contributed by atoms with Crippen molar-refractivity contribution >= 4 is 22.8 Å². The number of Topliss-reactive ketones (excluding diaryl/α,β-unsaturated/α-hetero) is 1. The van der Waals surface area contributed by atoms with E-state index in [1.165, 1.54) is 28.4 Å². The number of ketones is 1. The molecule has 0 aliphatic carbocycles. The van der Waals surface area contributed by atoms with Crippen LogP contribution in [0.25, 0.3) is 22.0 Å². The quantitative estimate of drug-likeness (QED) is 0.378. The third-order valence-electron chi connectivity index (χ3n) is 5.74. The Morgan fingerprint density at radius 3 is 2.35 bits per heavy atom. The fourth-order valence-corrected chi connectivity index (χ4v) is 4.16. The van der Waals surface area contributed by atoms with Gasteiger partial charge in [-0.1, -0.05) is 72.8 Å². The van der Waals surface area contributed by atoms with Crippen LogP contribution in [0, 0.1) is 0 Å². The molecule has 1 aromatic heterocycles. The lowest BCUT2D eigenvalue weighted by Gasteiger charge is -2.14. The number of hydrogen-bond acceptors (Lipinski definition) is 3. The standard InChI is InChI=1S/C27H25NO3/c1-19(29)23(25-18-28(27(30)31-2)26-14-7-6-13-24(25)26)16-15-20-9-8-12-22(17-20)21-10-4-3-5-11-21/h3-14,17-18,23H,15-16H2,1-2H3. The molecule has 0 fully saturated rings. The van der Waals surface area contributed by atoms with E-state index in [1.54, 1.807) is 13.1 Å². The van der Waals surface area contributed by atoms with Gasteiger partial charge in [0.05, 0.1) is 12.6 Å². The first-order valence-electron chi connectivity index (χ1n) is 10.4. The summed E-state index contributed by atoms with van der Waals surface area (Å²) >= 11 is 0. The van der Waals surface area contributed by atoms with Crippen LogP contribution in [0.15, 0.2) is 85.1 Å². The number of aryl methyl sites for hydroxylation is 1. The first kappa shape index (κ1) is 20.6. The largest absolute Gasteiger partial charge is 0.452 e. The van der Waals surface area contributed by atoms with Crippen molar-refractivity contribution in [1.82, 2.24) is 4.57 Å². The molecule has 1 unspecified atom stereocenters. The van der Waals surface area contributed by atoms with Crippen molar-refractivity contribution < 1.29 is 14.3 Å². The maximum Gasteiger partial charge on any atom is 0.418 e. The molecule has 4 aromatic rings. The molecule has 0 aliphatic rings. The number of rotatable bonds is 6. The molecule has 1 atom stereocenters. The molecule has 4 rings (SSSR count). The molecule has 31 heavy (non-hydrogen) atoms. The van der Waals surface area contributed by atoms with Crippen molar-refractivity contribution in [3.63, 3.8) is 0 Å². The number of hydrogen-bond donors (Lipinski definition) is 0. The fraction of sp³-hybridized carbons (Fsp3) is 0.185. The highest BCUT2D eigenvalue weighted by Gasteiger charge is 2.23. The Morgan fingerprint density at radius 1 is 0.903 bits per heavy atom. The maximum absolute atomic E-state index is 12.6. The topological polar surface area (TPSA) is 48.3 Å². The molecule has 156 valence electrons. The van der Waals surface area contributed by atoms with Gasteiger partial charge in [0.2, 0.25) is 0 Å². The average Bonchev–Trinajstić information content (AvgIpc) is 3.19. The number of aromatic nitrogens is 1. The van der Waals surface area contributed by atoms with Crippen molar-refractivity contribution in [3.05, 3.63) is 96.2 Å². The Kier molecular flexibility index (Phi) is 5.99. The molecule has 3 aromatic carbocycles. The molecule has 0 radical (unpaired) electrons. The van der Waals surface area contributed by atoms with E-state index in [0.717, 1.165) is 22.9 Å². The van der Waals surface area contributed by atoms with E-state index in [9.17, 15) is 9.59 Å². The second-order valence-electron chi connectivity index (χ2n) is 7.71. The Balaban J connectivity index is 1.63. The number of nitrogens with zero attached hydrogens (tertiary/aromatic N) is 1. The first-order chi connectivity index (χ1) is 15.1. The molecule has 4 heteroatoms. The van der Waals surface area contributed by atoms with Crippen molar-refractivity contribution in [2.75, 3.05) is 7.11 Å². The van der Waals surface area contributed by atoms with E-state index in [1.807, 2.05) is 42.5 Å². The molecule has 0 amide bonds. The summed E-state index contributed by atoms with van der Waals surface area (Å²) in [6.07, 6.45) is 2.73. The summed E-state index contributed by atoms with van der Waals surface area (Å²) in [6, 6.07) is 26.3. The van der Waals surface area contributed by atoms with Crippen molar-refractivity contribution in [2.24, 2.45) is 0 Å². The molecule has 0 spiro atoms.